The summed E-state index contributed by atoms with van der Waals surface area (Å²) in [6, 6.07) is 6.73. The summed E-state index contributed by atoms with van der Waals surface area (Å²) in [6.07, 6.45) is 4.97. The van der Waals surface area contributed by atoms with Crippen LogP contribution < -0.4 is 5.73 Å². The Kier molecular flexibility index (Phi) is 2.22. The van der Waals surface area contributed by atoms with Crippen molar-refractivity contribution in [3.63, 3.8) is 0 Å². The number of rotatable bonds is 3. The fraction of sp³-hybridized carbons (Fsp3) is 0.500. The molecule has 82 valence electrons. The van der Waals surface area contributed by atoms with Crippen LogP contribution in [0.2, 0.25) is 0 Å². The number of hydrogen-bond acceptors (Lipinski definition) is 2. The summed E-state index contributed by atoms with van der Waals surface area (Å²) < 4.78 is 0. The van der Waals surface area contributed by atoms with E-state index in [0.29, 0.717) is 18.4 Å². The summed E-state index contributed by atoms with van der Waals surface area (Å²) in [5.41, 5.74) is 10.4. The van der Waals surface area contributed by atoms with Gasteiger partial charge in [-0.05, 0) is 54.2 Å². The first kappa shape index (κ1) is 9.86. The van der Waals surface area contributed by atoms with Gasteiger partial charge in [-0.2, -0.15) is 5.26 Å². The highest BCUT2D eigenvalue weighted by Gasteiger charge is 2.32. The van der Waals surface area contributed by atoms with Crippen molar-refractivity contribution in [1.29, 1.82) is 5.26 Å². The Morgan fingerprint density at radius 1 is 1.12 bits per heavy atom. The van der Waals surface area contributed by atoms with Gasteiger partial charge in [-0.3, -0.25) is 0 Å². The molecule has 1 aromatic carbocycles. The monoisotopic (exact) mass is 212 g/mol. The van der Waals surface area contributed by atoms with Crippen LogP contribution in [0, 0.1) is 11.3 Å². The summed E-state index contributed by atoms with van der Waals surface area (Å²) in [4.78, 5) is 0. The van der Waals surface area contributed by atoms with Gasteiger partial charge in [0.15, 0.2) is 0 Å². The lowest BCUT2D eigenvalue weighted by atomic mass is 9.93. The lowest BCUT2D eigenvalue weighted by Gasteiger charge is -2.11. The van der Waals surface area contributed by atoms with Gasteiger partial charge in [0.25, 0.3) is 0 Å². The third-order valence-electron chi connectivity index (χ3n) is 3.64. The molecule has 2 heteroatoms. The van der Waals surface area contributed by atoms with Crippen LogP contribution in [-0.4, -0.2) is 0 Å². The molecule has 0 spiro atoms. The Bertz CT molecular complexity index is 429. The molecule has 0 amide bonds. The summed E-state index contributed by atoms with van der Waals surface area (Å²) in [6.45, 7) is 0.588. The Morgan fingerprint density at radius 2 is 1.62 bits per heavy atom. The predicted molar refractivity (Wildman–Crippen MR) is 63.0 cm³/mol. The minimum Gasteiger partial charge on any atom is -0.326 e. The maximum atomic E-state index is 9.33. The van der Waals surface area contributed by atoms with Gasteiger partial charge < -0.3 is 5.73 Å². The average molecular weight is 212 g/mol. The highest BCUT2D eigenvalue weighted by atomic mass is 14.5. The van der Waals surface area contributed by atoms with Gasteiger partial charge in [-0.15, -0.1) is 0 Å². The molecule has 0 saturated heterocycles. The maximum absolute atomic E-state index is 9.33. The molecule has 0 atom stereocenters. The van der Waals surface area contributed by atoms with Crippen molar-refractivity contribution in [1.82, 2.24) is 0 Å². The van der Waals surface area contributed by atoms with Crippen LogP contribution in [-0.2, 0) is 6.54 Å². The molecule has 0 heterocycles. The van der Waals surface area contributed by atoms with Crippen molar-refractivity contribution in [3.05, 3.63) is 34.4 Å². The van der Waals surface area contributed by atoms with E-state index in [0.717, 1.165) is 5.56 Å². The zero-order chi connectivity index (χ0) is 11.1. The predicted octanol–water partition coefficient (Wildman–Crippen LogP) is 2.77. The van der Waals surface area contributed by atoms with Gasteiger partial charge in [0.05, 0.1) is 11.6 Å². The maximum Gasteiger partial charge on any atom is 0.0997 e. The molecule has 2 nitrogen and oxygen atoms in total. The Morgan fingerprint density at radius 3 is 1.94 bits per heavy atom. The number of benzene rings is 1. The van der Waals surface area contributed by atoms with Crippen LogP contribution in [0.4, 0.5) is 0 Å². The summed E-state index contributed by atoms with van der Waals surface area (Å²) in [5.74, 6) is 1.28. The average Bonchev–Trinajstić information content (AvgIpc) is 3.20. The molecular formula is C14H16N2. The molecule has 0 unspecified atom stereocenters. The van der Waals surface area contributed by atoms with Crippen molar-refractivity contribution in [2.75, 3.05) is 0 Å². The van der Waals surface area contributed by atoms with E-state index in [-0.39, 0.29) is 0 Å². The van der Waals surface area contributed by atoms with Crippen molar-refractivity contribution in [2.45, 2.75) is 44.1 Å². The van der Waals surface area contributed by atoms with E-state index in [9.17, 15) is 5.26 Å². The molecule has 3 rings (SSSR count). The fourth-order valence-electron chi connectivity index (χ4n) is 2.43. The highest BCUT2D eigenvalue weighted by molar-refractivity contribution is 5.52. The van der Waals surface area contributed by atoms with Crippen molar-refractivity contribution in [2.24, 2.45) is 5.73 Å². The molecule has 2 N–H and O–H groups in total. The van der Waals surface area contributed by atoms with Crippen LogP contribution in [0.1, 0.15) is 59.8 Å². The first-order valence-corrected chi connectivity index (χ1v) is 6.10. The quantitative estimate of drug-likeness (QED) is 0.837. The minimum absolute atomic E-state index is 0.588. The minimum atomic E-state index is 0.588. The number of hydrogen-bond donors (Lipinski definition) is 1. The van der Waals surface area contributed by atoms with E-state index in [1.54, 1.807) is 0 Å². The Hall–Kier alpha value is -1.33. The largest absolute Gasteiger partial charge is 0.326 e. The number of nitriles is 1. The van der Waals surface area contributed by atoms with E-state index >= 15 is 0 Å². The zero-order valence-corrected chi connectivity index (χ0v) is 9.37. The molecule has 0 radical (unpaired) electrons. The third-order valence-corrected chi connectivity index (χ3v) is 3.64. The number of nitrogens with two attached hydrogens (primary N) is 1. The van der Waals surface area contributed by atoms with E-state index in [1.165, 1.54) is 42.4 Å². The molecular weight excluding hydrogens is 196 g/mol. The fourth-order valence-corrected chi connectivity index (χ4v) is 2.43. The SMILES string of the molecule is N#Cc1c(C2CC2)cc(CN)cc1C1CC1. The molecule has 0 bridgehead atoms. The summed E-state index contributed by atoms with van der Waals surface area (Å²) >= 11 is 0. The molecule has 2 aliphatic carbocycles. The molecule has 2 aliphatic rings. The topological polar surface area (TPSA) is 49.8 Å². The smallest absolute Gasteiger partial charge is 0.0997 e. The normalized spacial score (nSPS) is 19.5. The number of nitrogens with zero attached hydrogens (tertiary/aromatic N) is 1. The van der Waals surface area contributed by atoms with Crippen molar-refractivity contribution >= 4 is 0 Å². The van der Waals surface area contributed by atoms with Crippen LogP contribution in [0.5, 0.6) is 0 Å². The Labute approximate surface area is 96.1 Å². The van der Waals surface area contributed by atoms with Gasteiger partial charge in [0, 0.05) is 6.54 Å². The molecule has 16 heavy (non-hydrogen) atoms. The molecule has 0 aliphatic heterocycles. The molecule has 2 saturated carbocycles. The van der Waals surface area contributed by atoms with Crippen LogP contribution in [0.15, 0.2) is 12.1 Å². The van der Waals surface area contributed by atoms with E-state index in [4.69, 9.17) is 5.73 Å². The first-order valence-electron chi connectivity index (χ1n) is 6.10. The van der Waals surface area contributed by atoms with Gasteiger partial charge in [-0.25, -0.2) is 0 Å². The van der Waals surface area contributed by atoms with Gasteiger partial charge in [0.2, 0.25) is 0 Å². The van der Waals surface area contributed by atoms with Gasteiger partial charge in [0.1, 0.15) is 0 Å². The summed E-state index contributed by atoms with van der Waals surface area (Å²) in [5, 5.41) is 9.33. The molecule has 1 aromatic rings. The van der Waals surface area contributed by atoms with Crippen LogP contribution >= 0.6 is 0 Å². The lowest BCUT2D eigenvalue weighted by Crippen LogP contribution is -2.02. The first-order chi connectivity index (χ1) is 7.83. The Balaban J connectivity index is 2.13. The van der Waals surface area contributed by atoms with E-state index < -0.39 is 0 Å². The van der Waals surface area contributed by atoms with Gasteiger partial charge >= 0.3 is 0 Å². The molecule has 0 aromatic heterocycles. The summed E-state index contributed by atoms with van der Waals surface area (Å²) in [7, 11) is 0. The van der Waals surface area contributed by atoms with Gasteiger partial charge in [-0.1, -0.05) is 12.1 Å². The standard InChI is InChI=1S/C14H16N2/c15-7-9-5-12(10-1-2-10)14(8-16)13(6-9)11-3-4-11/h5-6,10-11H,1-4,7,15H2. The van der Waals surface area contributed by atoms with Crippen LogP contribution in [0.3, 0.4) is 0 Å². The highest BCUT2D eigenvalue weighted by Crippen LogP contribution is 2.47. The zero-order valence-electron chi connectivity index (χ0n) is 9.37. The second kappa shape index (κ2) is 3.61. The molecule has 2 fully saturated rings. The van der Waals surface area contributed by atoms with E-state index in [1.807, 2.05) is 0 Å². The second-order valence-electron chi connectivity index (χ2n) is 5.01. The second-order valence-corrected chi connectivity index (χ2v) is 5.01. The third kappa shape index (κ3) is 1.62. The van der Waals surface area contributed by atoms with Crippen molar-refractivity contribution in [3.8, 4) is 6.07 Å². The van der Waals surface area contributed by atoms with Crippen LogP contribution in [0.25, 0.3) is 0 Å². The van der Waals surface area contributed by atoms with Crippen molar-refractivity contribution < 1.29 is 0 Å². The lowest BCUT2D eigenvalue weighted by molar-refractivity contribution is 1.000. The van der Waals surface area contributed by atoms with E-state index in [2.05, 4.69) is 18.2 Å².